The molecule has 0 spiro atoms. The Bertz CT molecular complexity index is 566. The predicted molar refractivity (Wildman–Crippen MR) is 77.7 cm³/mol. The zero-order chi connectivity index (χ0) is 13.2. The van der Waals surface area contributed by atoms with Crippen LogP contribution in [0.3, 0.4) is 0 Å². The van der Waals surface area contributed by atoms with Gasteiger partial charge in [0.1, 0.15) is 11.3 Å². The Hall–Kier alpha value is -1.13. The highest BCUT2D eigenvalue weighted by atomic mass is 35.5. The van der Waals surface area contributed by atoms with Crippen LogP contribution >= 0.6 is 11.6 Å². The van der Waals surface area contributed by atoms with Crippen LogP contribution in [0.4, 0.5) is 0 Å². The van der Waals surface area contributed by atoms with E-state index in [2.05, 4.69) is 27.6 Å². The van der Waals surface area contributed by atoms with Crippen molar-refractivity contribution in [2.45, 2.75) is 25.3 Å². The number of likely N-dealkylation sites (tertiary alicyclic amines) is 1. The summed E-state index contributed by atoms with van der Waals surface area (Å²) in [7, 11) is 2.19. The van der Waals surface area contributed by atoms with E-state index in [4.69, 9.17) is 16.6 Å². The van der Waals surface area contributed by atoms with Crippen molar-refractivity contribution < 1.29 is 0 Å². The molecule has 5 heteroatoms. The number of aromatic nitrogens is 3. The van der Waals surface area contributed by atoms with E-state index in [-0.39, 0.29) is 0 Å². The Morgan fingerprint density at radius 3 is 3.16 bits per heavy atom. The second-order valence-electron chi connectivity index (χ2n) is 5.26. The van der Waals surface area contributed by atoms with Crippen molar-refractivity contribution in [3.63, 3.8) is 0 Å². The summed E-state index contributed by atoms with van der Waals surface area (Å²) < 4.78 is 2.38. The molecule has 3 rings (SSSR count). The molecule has 1 aliphatic rings. The molecule has 2 aromatic rings. The molecular formula is C14H19ClN4. The van der Waals surface area contributed by atoms with Gasteiger partial charge in [-0.15, -0.1) is 11.6 Å². The quantitative estimate of drug-likeness (QED) is 0.809. The van der Waals surface area contributed by atoms with Gasteiger partial charge < -0.3 is 9.47 Å². The first-order chi connectivity index (χ1) is 9.29. The molecule has 4 nitrogen and oxygen atoms in total. The maximum atomic E-state index is 5.92. The molecule has 0 aromatic carbocycles. The van der Waals surface area contributed by atoms with Gasteiger partial charge in [0.05, 0.1) is 11.7 Å². The number of likely N-dealkylation sites (N-methyl/N-ethyl adjacent to an activating group) is 1. The van der Waals surface area contributed by atoms with Gasteiger partial charge in [-0.1, -0.05) is 0 Å². The summed E-state index contributed by atoms with van der Waals surface area (Å²) in [6.45, 7) is 2.28. The Balaban J connectivity index is 2.06. The topological polar surface area (TPSA) is 34.0 Å². The highest BCUT2D eigenvalue weighted by Crippen LogP contribution is 2.27. The van der Waals surface area contributed by atoms with Crippen molar-refractivity contribution in [3.8, 4) is 0 Å². The van der Waals surface area contributed by atoms with Crippen molar-refractivity contribution in [2.24, 2.45) is 0 Å². The Morgan fingerprint density at radius 1 is 1.47 bits per heavy atom. The number of hydrogen-bond donors (Lipinski definition) is 0. The predicted octanol–water partition coefficient (Wildman–Crippen LogP) is 2.48. The monoisotopic (exact) mass is 278 g/mol. The molecule has 0 saturated carbocycles. The molecule has 0 aliphatic carbocycles. The Morgan fingerprint density at radius 2 is 2.37 bits per heavy atom. The highest BCUT2D eigenvalue weighted by molar-refractivity contribution is 6.17. The smallest absolute Gasteiger partial charge is 0.111 e. The lowest BCUT2D eigenvalue weighted by molar-refractivity contribution is 0.212. The number of nitrogens with zero attached hydrogens (tertiary/aromatic N) is 4. The minimum Gasteiger partial charge on any atom is -0.323 e. The number of alkyl halides is 1. The first-order valence-corrected chi connectivity index (χ1v) is 7.38. The average Bonchev–Trinajstić information content (AvgIpc) is 2.77. The van der Waals surface area contributed by atoms with Gasteiger partial charge in [0.2, 0.25) is 0 Å². The van der Waals surface area contributed by atoms with Gasteiger partial charge in [-0.2, -0.15) is 0 Å². The van der Waals surface area contributed by atoms with E-state index in [0.717, 1.165) is 24.3 Å². The van der Waals surface area contributed by atoms with E-state index in [1.54, 1.807) is 0 Å². The zero-order valence-electron chi connectivity index (χ0n) is 11.2. The maximum Gasteiger partial charge on any atom is 0.111 e. The molecule has 0 amide bonds. The fourth-order valence-electron chi connectivity index (χ4n) is 3.02. The van der Waals surface area contributed by atoms with Crippen molar-refractivity contribution in [3.05, 3.63) is 24.3 Å². The summed E-state index contributed by atoms with van der Waals surface area (Å²) in [4.78, 5) is 11.3. The van der Waals surface area contributed by atoms with E-state index < -0.39 is 0 Å². The SMILES string of the molecule is CN1CCCC(n2c(CCCl)nc3cnccc32)C1. The number of fused-ring (bicyclic) bond motifs is 1. The van der Waals surface area contributed by atoms with Gasteiger partial charge in [0, 0.05) is 31.1 Å². The number of rotatable bonds is 3. The molecule has 2 aromatic heterocycles. The van der Waals surface area contributed by atoms with Crippen LogP contribution in [0.15, 0.2) is 18.5 Å². The maximum absolute atomic E-state index is 5.92. The summed E-state index contributed by atoms with van der Waals surface area (Å²) in [6.07, 6.45) is 6.96. The lowest BCUT2D eigenvalue weighted by atomic mass is 10.1. The van der Waals surface area contributed by atoms with Crippen LogP contribution in [0, 0.1) is 0 Å². The zero-order valence-corrected chi connectivity index (χ0v) is 12.0. The molecule has 0 radical (unpaired) electrons. The van der Waals surface area contributed by atoms with Crippen molar-refractivity contribution in [1.82, 2.24) is 19.4 Å². The van der Waals surface area contributed by atoms with E-state index in [1.807, 2.05) is 12.4 Å². The van der Waals surface area contributed by atoms with Crippen molar-refractivity contribution >= 4 is 22.6 Å². The minimum absolute atomic E-state index is 0.504. The molecule has 1 saturated heterocycles. The second kappa shape index (κ2) is 5.47. The molecule has 1 unspecified atom stereocenters. The lowest BCUT2D eigenvalue weighted by Gasteiger charge is -2.31. The standard InChI is InChI=1S/C14H19ClN4/c1-18-8-2-3-11(10-18)19-13-5-7-16-9-12(13)17-14(19)4-6-15/h5,7,9,11H,2-4,6,8,10H2,1H3. The number of aryl methyl sites for hydroxylation is 1. The third-order valence-electron chi connectivity index (χ3n) is 3.85. The molecular weight excluding hydrogens is 260 g/mol. The first-order valence-electron chi connectivity index (χ1n) is 6.85. The molecule has 102 valence electrons. The fraction of sp³-hybridized carbons (Fsp3) is 0.571. The molecule has 0 bridgehead atoms. The van der Waals surface area contributed by atoms with E-state index in [9.17, 15) is 0 Å². The van der Waals surface area contributed by atoms with Gasteiger partial charge in [-0.25, -0.2) is 4.98 Å². The van der Waals surface area contributed by atoms with Crippen molar-refractivity contribution in [1.29, 1.82) is 0 Å². The molecule has 1 fully saturated rings. The van der Waals surface area contributed by atoms with Crippen LogP contribution < -0.4 is 0 Å². The van der Waals surface area contributed by atoms with E-state index in [0.29, 0.717) is 11.9 Å². The summed E-state index contributed by atoms with van der Waals surface area (Å²) in [6, 6.07) is 2.57. The molecule has 1 atom stereocenters. The molecule has 3 heterocycles. The van der Waals surface area contributed by atoms with Crippen LogP contribution in [0.5, 0.6) is 0 Å². The summed E-state index contributed by atoms with van der Waals surface area (Å²) in [5.41, 5.74) is 2.17. The van der Waals surface area contributed by atoms with Crippen molar-refractivity contribution in [2.75, 3.05) is 26.0 Å². The Kier molecular flexibility index (Phi) is 3.71. The largest absolute Gasteiger partial charge is 0.323 e. The minimum atomic E-state index is 0.504. The molecule has 1 aliphatic heterocycles. The molecule has 0 N–H and O–H groups in total. The van der Waals surface area contributed by atoms with Gasteiger partial charge in [0.25, 0.3) is 0 Å². The summed E-state index contributed by atoms with van der Waals surface area (Å²) in [5.74, 6) is 1.71. The van der Waals surface area contributed by atoms with Gasteiger partial charge in [-0.05, 0) is 32.5 Å². The summed E-state index contributed by atoms with van der Waals surface area (Å²) >= 11 is 5.92. The van der Waals surface area contributed by atoms with E-state index >= 15 is 0 Å². The first kappa shape index (κ1) is 12.9. The number of hydrogen-bond acceptors (Lipinski definition) is 3. The number of piperidine rings is 1. The summed E-state index contributed by atoms with van der Waals surface area (Å²) in [5, 5.41) is 0. The molecule has 19 heavy (non-hydrogen) atoms. The highest BCUT2D eigenvalue weighted by Gasteiger charge is 2.23. The normalized spacial score (nSPS) is 21.1. The van der Waals surface area contributed by atoms with Gasteiger partial charge in [0.15, 0.2) is 0 Å². The van der Waals surface area contributed by atoms with Crippen LogP contribution in [0.1, 0.15) is 24.7 Å². The van der Waals surface area contributed by atoms with Gasteiger partial charge >= 0.3 is 0 Å². The average molecular weight is 279 g/mol. The van der Waals surface area contributed by atoms with Crippen LogP contribution in [-0.4, -0.2) is 45.5 Å². The third kappa shape index (κ3) is 2.47. The van der Waals surface area contributed by atoms with Crippen LogP contribution in [0.2, 0.25) is 0 Å². The second-order valence-corrected chi connectivity index (χ2v) is 5.64. The third-order valence-corrected chi connectivity index (χ3v) is 4.04. The van der Waals surface area contributed by atoms with Crippen LogP contribution in [-0.2, 0) is 6.42 Å². The number of halogens is 1. The van der Waals surface area contributed by atoms with Crippen LogP contribution in [0.25, 0.3) is 11.0 Å². The van der Waals surface area contributed by atoms with Gasteiger partial charge in [-0.3, -0.25) is 4.98 Å². The number of pyridine rings is 1. The Labute approximate surface area is 118 Å². The lowest BCUT2D eigenvalue weighted by Crippen LogP contribution is -2.34. The number of imidazole rings is 1. The van der Waals surface area contributed by atoms with E-state index in [1.165, 1.54) is 24.9 Å². The fourth-order valence-corrected chi connectivity index (χ4v) is 3.19.